The molecule has 1 unspecified atom stereocenters. The average molecular weight is 231 g/mol. The predicted molar refractivity (Wildman–Crippen MR) is 69.8 cm³/mol. The molecule has 0 aliphatic heterocycles. The molecule has 82 valence electrons. The molecule has 0 heterocycles. The van der Waals surface area contributed by atoms with Gasteiger partial charge >= 0.3 is 0 Å². The molecule has 0 bridgehead atoms. The second kappa shape index (κ2) is 5.08. The molecule has 0 saturated carbocycles. The van der Waals surface area contributed by atoms with Gasteiger partial charge in [0.05, 0.1) is 0 Å². The second-order valence-corrected chi connectivity index (χ2v) is 5.74. The molecule has 1 atom stereocenters. The Morgan fingerprint density at radius 1 is 0.938 bits per heavy atom. The van der Waals surface area contributed by atoms with Crippen molar-refractivity contribution in [3.63, 3.8) is 0 Å². The molecule has 16 heavy (non-hydrogen) atoms. The maximum absolute atomic E-state index is 9.77. The van der Waals surface area contributed by atoms with Gasteiger partial charge in [-0.2, -0.15) is 0 Å². The van der Waals surface area contributed by atoms with Gasteiger partial charge in [0.15, 0.2) is 10.6 Å². The topological polar surface area (TPSA) is 20.2 Å². The molecular weight excluding hydrogens is 216 g/mol. The summed E-state index contributed by atoms with van der Waals surface area (Å²) in [6, 6.07) is 18.0. The van der Waals surface area contributed by atoms with Crippen LogP contribution in [0, 0.1) is 0 Å². The summed E-state index contributed by atoms with van der Waals surface area (Å²) in [7, 11) is 0.0540. The van der Waals surface area contributed by atoms with Crippen LogP contribution in [0.5, 0.6) is 5.75 Å². The standard InChI is InChI=1S/C14H14OS/c1-16(11-12-7-3-2-4-8-12)14-10-6-5-9-13(14)15/h2-10H,11H2,1H3/p+1. The highest BCUT2D eigenvalue weighted by Crippen LogP contribution is 2.25. The lowest BCUT2D eigenvalue weighted by atomic mass is 10.2. The molecular formula is C14H15OS+. The summed E-state index contributed by atoms with van der Waals surface area (Å²) in [4.78, 5) is 1.05. The van der Waals surface area contributed by atoms with Crippen LogP contribution in [0.2, 0.25) is 0 Å². The van der Waals surface area contributed by atoms with Crippen molar-refractivity contribution in [2.45, 2.75) is 10.6 Å². The van der Waals surface area contributed by atoms with E-state index < -0.39 is 0 Å². The van der Waals surface area contributed by atoms with Crippen molar-refractivity contribution < 1.29 is 5.11 Å². The van der Waals surface area contributed by atoms with Crippen LogP contribution in [0.3, 0.4) is 0 Å². The third-order valence-corrected chi connectivity index (χ3v) is 4.33. The van der Waals surface area contributed by atoms with Crippen LogP contribution >= 0.6 is 0 Å². The number of phenols is 1. The van der Waals surface area contributed by atoms with Crippen molar-refractivity contribution in [3.05, 3.63) is 60.2 Å². The monoisotopic (exact) mass is 231 g/mol. The van der Waals surface area contributed by atoms with Gasteiger partial charge in [0.25, 0.3) is 0 Å². The van der Waals surface area contributed by atoms with Crippen LogP contribution < -0.4 is 0 Å². The predicted octanol–water partition coefficient (Wildman–Crippen LogP) is 3.20. The molecule has 2 aromatic rings. The fourth-order valence-electron chi connectivity index (χ4n) is 1.65. The van der Waals surface area contributed by atoms with E-state index in [1.165, 1.54) is 5.56 Å². The summed E-state index contributed by atoms with van der Waals surface area (Å²) in [5.41, 5.74) is 1.32. The zero-order valence-corrected chi connectivity index (χ0v) is 10.1. The Morgan fingerprint density at radius 3 is 2.25 bits per heavy atom. The lowest BCUT2D eigenvalue weighted by Crippen LogP contribution is -2.03. The number of hydrogen-bond donors (Lipinski definition) is 1. The highest BCUT2D eigenvalue weighted by atomic mass is 32.2. The summed E-state index contributed by atoms with van der Waals surface area (Å²) < 4.78 is 0. The maximum Gasteiger partial charge on any atom is 0.196 e. The lowest BCUT2D eigenvalue weighted by molar-refractivity contribution is 0.462. The Balaban J connectivity index is 2.15. The molecule has 2 aromatic carbocycles. The van der Waals surface area contributed by atoms with Crippen molar-refractivity contribution in [2.24, 2.45) is 0 Å². The molecule has 0 fully saturated rings. The number of hydrogen-bond acceptors (Lipinski definition) is 1. The van der Waals surface area contributed by atoms with Gasteiger partial charge in [0, 0.05) is 16.5 Å². The van der Waals surface area contributed by atoms with Crippen LogP contribution in [0.25, 0.3) is 0 Å². The highest BCUT2D eigenvalue weighted by molar-refractivity contribution is 7.95. The number of para-hydroxylation sites is 1. The summed E-state index contributed by atoms with van der Waals surface area (Å²) in [5.74, 6) is 1.39. The molecule has 0 radical (unpaired) electrons. The highest BCUT2D eigenvalue weighted by Gasteiger charge is 2.19. The Labute approximate surface area is 99.1 Å². The number of rotatable bonds is 3. The van der Waals surface area contributed by atoms with E-state index in [9.17, 15) is 5.11 Å². The molecule has 2 rings (SSSR count). The minimum atomic E-state index is 0.0540. The first-order chi connectivity index (χ1) is 7.77. The van der Waals surface area contributed by atoms with Crippen molar-refractivity contribution in [1.82, 2.24) is 0 Å². The first kappa shape index (κ1) is 11.1. The molecule has 0 amide bonds. The third kappa shape index (κ3) is 2.58. The van der Waals surface area contributed by atoms with Crippen molar-refractivity contribution in [1.29, 1.82) is 0 Å². The molecule has 0 saturated heterocycles. The van der Waals surface area contributed by atoms with Gasteiger partial charge in [-0.25, -0.2) is 0 Å². The molecule has 0 aliphatic carbocycles. The van der Waals surface area contributed by atoms with Crippen LogP contribution in [0.4, 0.5) is 0 Å². The van der Waals surface area contributed by atoms with Crippen LogP contribution in [-0.4, -0.2) is 11.4 Å². The van der Waals surface area contributed by atoms with Crippen LogP contribution in [0.1, 0.15) is 5.56 Å². The normalized spacial score (nSPS) is 12.3. The minimum Gasteiger partial charge on any atom is -0.503 e. The van der Waals surface area contributed by atoms with E-state index in [0.717, 1.165) is 10.6 Å². The van der Waals surface area contributed by atoms with Gasteiger partial charge in [-0.05, 0) is 12.1 Å². The summed E-state index contributed by atoms with van der Waals surface area (Å²) in [6.45, 7) is 0. The Kier molecular flexibility index (Phi) is 3.52. The van der Waals surface area contributed by atoms with E-state index in [4.69, 9.17) is 0 Å². The Hall–Kier alpha value is -1.41. The first-order valence-corrected chi connectivity index (χ1v) is 7.02. The van der Waals surface area contributed by atoms with Gasteiger partial charge in [-0.15, -0.1) is 0 Å². The smallest absolute Gasteiger partial charge is 0.196 e. The fourth-order valence-corrected chi connectivity index (χ4v) is 3.24. The van der Waals surface area contributed by atoms with Crippen molar-refractivity contribution >= 4 is 10.9 Å². The molecule has 1 N–H and O–H groups in total. The lowest BCUT2D eigenvalue weighted by Gasteiger charge is -2.04. The number of benzene rings is 2. The van der Waals surface area contributed by atoms with Gasteiger partial charge in [0.1, 0.15) is 12.0 Å². The number of phenolic OH excluding ortho intramolecular Hbond substituents is 1. The van der Waals surface area contributed by atoms with Gasteiger partial charge in [0.2, 0.25) is 0 Å². The third-order valence-electron chi connectivity index (χ3n) is 2.47. The summed E-state index contributed by atoms with van der Waals surface area (Å²) >= 11 is 0. The SMILES string of the molecule is C[S+](Cc1ccccc1)c1ccccc1O. The zero-order chi connectivity index (χ0) is 11.4. The summed E-state index contributed by atoms with van der Waals surface area (Å²) in [6.07, 6.45) is 2.17. The second-order valence-electron chi connectivity index (χ2n) is 3.73. The largest absolute Gasteiger partial charge is 0.503 e. The van der Waals surface area contributed by atoms with Gasteiger partial charge < -0.3 is 5.11 Å². The van der Waals surface area contributed by atoms with E-state index in [2.05, 4.69) is 30.5 Å². The maximum atomic E-state index is 9.77. The van der Waals surface area contributed by atoms with Crippen molar-refractivity contribution in [3.8, 4) is 5.75 Å². The van der Waals surface area contributed by atoms with E-state index in [-0.39, 0.29) is 10.9 Å². The fraction of sp³-hybridized carbons (Fsp3) is 0.143. The van der Waals surface area contributed by atoms with Crippen LogP contribution in [-0.2, 0) is 16.6 Å². The Morgan fingerprint density at radius 2 is 1.56 bits per heavy atom. The molecule has 0 aliphatic rings. The molecule has 1 nitrogen and oxygen atoms in total. The zero-order valence-electron chi connectivity index (χ0n) is 9.26. The number of aromatic hydroxyl groups is 1. The average Bonchev–Trinajstić information content (AvgIpc) is 2.31. The van der Waals surface area contributed by atoms with E-state index in [1.807, 2.05) is 24.3 Å². The Bertz CT molecular complexity index is 453. The van der Waals surface area contributed by atoms with E-state index >= 15 is 0 Å². The van der Waals surface area contributed by atoms with E-state index in [0.29, 0.717) is 5.75 Å². The quantitative estimate of drug-likeness (QED) is 0.804. The molecule has 2 heteroatoms. The van der Waals surface area contributed by atoms with Gasteiger partial charge in [-0.3, -0.25) is 0 Å². The minimum absolute atomic E-state index is 0.0540. The van der Waals surface area contributed by atoms with Gasteiger partial charge in [-0.1, -0.05) is 42.5 Å². The summed E-state index contributed by atoms with van der Waals surface area (Å²) in [5, 5.41) is 9.77. The van der Waals surface area contributed by atoms with Crippen molar-refractivity contribution in [2.75, 3.05) is 6.26 Å². The van der Waals surface area contributed by atoms with E-state index in [1.54, 1.807) is 6.07 Å². The first-order valence-electron chi connectivity index (χ1n) is 5.22. The molecule has 0 aromatic heterocycles. The van der Waals surface area contributed by atoms with Crippen LogP contribution in [0.15, 0.2) is 59.5 Å². The molecule has 0 spiro atoms.